The summed E-state index contributed by atoms with van der Waals surface area (Å²) in [5.41, 5.74) is 2.07. The normalized spacial score (nSPS) is 23.9. The van der Waals surface area contributed by atoms with Gasteiger partial charge < -0.3 is 4.90 Å². The van der Waals surface area contributed by atoms with Gasteiger partial charge in [0.15, 0.2) is 0 Å². The largest absolute Gasteiger partial charge is 0.344 e. The molecule has 2 heterocycles. The smallest absolute Gasteiger partial charge is 0.243 e. The molecule has 7 heteroatoms. The van der Waals surface area contributed by atoms with Crippen LogP contribution in [0.1, 0.15) is 17.5 Å². The van der Waals surface area contributed by atoms with Gasteiger partial charge in [0.25, 0.3) is 0 Å². The minimum atomic E-state index is -3.46. The molecule has 2 saturated heterocycles. The van der Waals surface area contributed by atoms with Gasteiger partial charge in [0.05, 0.1) is 10.9 Å². The predicted molar refractivity (Wildman–Crippen MR) is 92.3 cm³/mol. The molecule has 3 rings (SSSR count). The predicted octanol–water partition coefficient (Wildman–Crippen LogP) is 0.840. The number of carbonyl (C=O) groups excluding carboxylic acids is 1. The second kappa shape index (κ2) is 6.46. The van der Waals surface area contributed by atoms with E-state index in [9.17, 15) is 13.2 Å². The summed E-state index contributed by atoms with van der Waals surface area (Å²) in [6.07, 6.45) is 0.833. The molecule has 1 aromatic carbocycles. The minimum Gasteiger partial charge on any atom is -0.344 e. The topological polar surface area (TPSA) is 60.9 Å². The van der Waals surface area contributed by atoms with E-state index in [1.165, 1.54) is 4.31 Å². The van der Waals surface area contributed by atoms with Crippen molar-refractivity contribution in [2.45, 2.75) is 31.2 Å². The molecule has 0 spiro atoms. The lowest BCUT2D eigenvalue weighted by molar-refractivity contribution is -0.131. The van der Waals surface area contributed by atoms with E-state index in [0.29, 0.717) is 31.1 Å². The molecule has 0 bridgehead atoms. The molecule has 2 aliphatic heterocycles. The highest BCUT2D eigenvalue weighted by atomic mass is 32.2. The highest BCUT2D eigenvalue weighted by Crippen LogP contribution is 2.23. The van der Waals surface area contributed by atoms with Gasteiger partial charge in [0.1, 0.15) is 0 Å². The van der Waals surface area contributed by atoms with Crippen molar-refractivity contribution >= 4 is 15.9 Å². The van der Waals surface area contributed by atoms with Crippen molar-refractivity contribution in [1.82, 2.24) is 14.1 Å². The number of carbonyl (C=O) groups is 1. The molecule has 1 unspecified atom stereocenters. The van der Waals surface area contributed by atoms with E-state index < -0.39 is 10.0 Å². The molecular weight excluding hydrogens is 326 g/mol. The molecule has 1 atom stereocenters. The Morgan fingerprint density at radius 1 is 1.00 bits per heavy atom. The Morgan fingerprint density at radius 3 is 2.21 bits per heavy atom. The Morgan fingerprint density at radius 2 is 1.67 bits per heavy atom. The highest BCUT2D eigenvalue weighted by Gasteiger charge is 2.37. The lowest BCUT2D eigenvalue weighted by Crippen LogP contribution is -2.53. The first-order valence-electron chi connectivity index (χ1n) is 8.37. The number of likely N-dealkylation sites (tertiary alicyclic amines) is 1. The molecule has 2 fully saturated rings. The second-order valence-electron chi connectivity index (χ2n) is 6.75. The van der Waals surface area contributed by atoms with Crippen molar-refractivity contribution in [1.29, 1.82) is 0 Å². The van der Waals surface area contributed by atoms with Crippen LogP contribution in [0.2, 0.25) is 0 Å². The first-order valence-corrected chi connectivity index (χ1v) is 9.81. The van der Waals surface area contributed by atoms with E-state index in [2.05, 4.69) is 4.90 Å². The fourth-order valence-electron chi connectivity index (χ4n) is 3.42. The number of nitrogens with zero attached hydrogens (tertiary/aromatic N) is 3. The van der Waals surface area contributed by atoms with Crippen molar-refractivity contribution in [3.63, 3.8) is 0 Å². The van der Waals surface area contributed by atoms with Crippen molar-refractivity contribution in [3.8, 4) is 0 Å². The van der Waals surface area contributed by atoms with Crippen LogP contribution < -0.4 is 0 Å². The average Bonchev–Trinajstić information content (AvgIpc) is 2.89. The van der Waals surface area contributed by atoms with Gasteiger partial charge in [-0.05, 0) is 43.5 Å². The van der Waals surface area contributed by atoms with Crippen LogP contribution in [0, 0.1) is 13.8 Å². The number of rotatable bonds is 3. The van der Waals surface area contributed by atoms with Gasteiger partial charge in [-0.15, -0.1) is 0 Å². The Bertz CT molecular complexity index is 739. The van der Waals surface area contributed by atoms with Crippen molar-refractivity contribution < 1.29 is 13.2 Å². The summed E-state index contributed by atoms with van der Waals surface area (Å²) in [6.45, 7) is 6.76. The SMILES string of the molecule is Cc1ccc(S(=O)(=O)N2CCN(C3CCN(C)C3=O)CC2)cc1C. The van der Waals surface area contributed by atoms with Crippen molar-refractivity contribution in [2.24, 2.45) is 0 Å². The third-order valence-corrected chi connectivity index (χ3v) is 7.12. The van der Waals surface area contributed by atoms with Gasteiger partial charge in [-0.2, -0.15) is 4.31 Å². The summed E-state index contributed by atoms with van der Waals surface area (Å²) >= 11 is 0. The summed E-state index contributed by atoms with van der Waals surface area (Å²) in [6, 6.07) is 5.19. The minimum absolute atomic E-state index is 0.0820. The van der Waals surface area contributed by atoms with Gasteiger partial charge in [-0.1, -0.05) is 6.07 Å². The molecule has 2 aliphatic rings. The number of amides is 1. The molecule has 1 aromatic rings. The molecule has 0 radical (unpaired) electrons. The first-order chi connectivity index (χ1) is 11.3. The lowest BCUT2D eigenvalue weighted by atomic mass is 10.1. The van der Waals surface area contributed by atoms with Crippen LogP contribution in [0.25, 0.3) is 0 Å². The van der Waals surface area contributed by atoms with Crippen LogP contribution in [-0.4, -0.2) is 74.2 Å². The molecule has 1 amide bonds. The van der Waals surface area contributed by atoms with Crippen molar-refractivity contribution in [2.75, 3.05) is 39.8 Å². The summed E-state index contributed by atoms with van der Waals surface area (Å²) < 4.78 is 27.2. The van der Waals surface area contributed by atoms with E-state index in [1.807, 2.05) is 27.0 Å². The van der Waals surface area contributed by atoms with E-state index in [4.69, 9.17) is 0 Å². The maximum absolute atomic E-state index is 12.8. The zero-order valence-electron chi connectivity index (χ0n) is 14.5. The maximum Gasteiger partial charge on any atom is 0.243 e. The number of likely N-dealkylation sites (N-methyl/N-ethyl adjacent to an activating group) is 1. The number of benzene rings is 1. The van der Waals surface area contributed by atoms with Crippen LogP contribution in [0.5, 0.6) is 0 Å². The van der Waals surface area contributed by atoms with Crippen molar-refractivity contribution in [3.05, 3.63) is 29.3 Å². The fourth-order valence-corrected chi connectivity index (χ4v) is 4.93. The molecule has 132 valence electrons. The Balaban J connectivity index is 1.69. The van der Waals surface area contributed by atoms with E-state index in [0.717, 1.165) is 24.1 Å². The third kappa shape index (κ3) is 3.08. The summed E-state index contributed by atoms with van der Waals surface area (Å²) in [4.78, 5) is 16.4. The Kier molecular flexibility index (Phi) is 4.68. The van der Waals surface area contributed by atoms with E-state index in [-0.39, 0.29) is 11.9 Å². The van der Waals surface area contributed by atoms with Crippen LogP contribution in [0.3, 0.4) is 0 Å². The molecule has 24 heavy (non-hydrogen) atoms. The molecule has 6 nitrogen and oxygen atoms in total. The molecule has 0 N–H and O–H groups in total. The summed E-state index contributed by atoms with van der Waals surface area (Å²) in [5.74, 6) is 0.153. The zero-order chi connectivity index (χ0) is 17.5. The summed E-state index contributed by atoms with van der Waals surface area (Å²) in [5, 5.41) is 0. The zero-order valence-corrected chi connectivity index (χ0v) is 15.3. The van der Waals surface area contributed by atoms with Gasteiger partial charge in [-0.3, -0.25) is 9.69 Å². The maximum atomic E-state index is 12.8. The quantitative estimate of drug-likeness (QED) is 0.810. The monoisotopic (exact) mass is 351 g/mol. The van der Waals surface area contributed by atoms with Crippen LogP contribution >= 0.6 is 0 Å². The number of aryl methyl sites for hydroxylation is 2. The number of hydrogen-bond donors (Lipinski definition) is 0. The van der Waals surface area contributed by atoms with Crippen LogP contribution in [0.15, 0.2) is 23.1 Å². The van der Waals surface area contributed by atoms with E-state index >= 15 is 0 Å². The van der Waals surface area contributed by atoms with Gasteiger partial charge in [0, 0.05) is 39.8 Å². The van der Waals surface area contributed by atoms with Gasteiger partial charge in [0.2, 0.25) is 15.9 Å². The third-order valence-electron chi connectivity index (χ3n) is 5.23. The number of piperazine rings is 1. The molecule has 0 aliphatic carbocycles. The van der Waals surface area contributed by atoms with Gasteiger partial charge in [-0.25, -0.2) is 8.42 Å². The van der Waals surface area contributed by atoms with Gasteiger partial charge >= 0.3 is 0 Å². The summed E-state index contributed by atoms with van der Waals surface area (Å²) in [7, 11) is -1.64. The Labute approximate surface area is 144 Å². The average molecular weight is 351 g/mol. The number of sulfonamides is 1. The lowest BCUT2D eigenvalue weighted by Gasteiger charge is -2.36. The first kappa shape index (κ1) is 17.4. The highest BCUT2D eigenvalue weighted by molar-refractivity contribution is 7.89. The molecule has 0 aromatic heterocycles. The standard InChI is InChI=1S/C17H25N3O3S/c1-13-4-5-15(12-14(13)2)24(22,23)20-10-8-19(9-11-20)16-6-7-18(3)17(16)21/h4-5,12,16H,6-11H2,1-3H3. The molecular formula is C17H25N3O3S. The second-order valence-corrected chi connectivity index (χ2v) is 8.69. The number of hydrogen-bond acceptors (Lipinski definition) is 4. The molecule has 0 saturated carbocycles. The fraction of sp³-hybridized carbons (Fsp3) is 0.588. The van der Waals surface area contributed by atoms with Crippen LogP contribution in [-0.2, 0) is 14.8 Å². The Hall–Kier alpha value is -1.44. The van der Waals surface area contributed by atoms with E-state index in [1.54, 1.807) is 17.0 Å². The van der Waals surface area contributed by atoms with Crippen LogP contribution in [0.4, 0.5) is 0 Å².